The van der Waals surface area contributed by atoms with Crippen LogP contribution in [-0.2, 0) is 11.3 Å². The molecule has 5 heterocycles. The van der Waals surface area contributed by atoms with E-state index in [4.69, 9.17) is 9.72 Å². The van der Waals surface area contributed by atoms with E-state index < -0.39 is 6.10 Å². The number of ether oxygens (including phenoxy) is 1. The Morgan fingerprint density at radius 2 is 2.06 bits per heavy atom. The van der Waals surface area contributed by atoms with E-state index in [0.29, 0.717) is 31.8 Å². The van der Waals surface area contributed by atoms with Gasteiger partial charge in [0.25, 0.3) is 0 Å². The quantitative estimate of drug-likeness (QED) is 0.480. The molecule has 0 saturated carbocycles. The lowest BCUT2D eigenvalue weighted by atomic mass is 9.89. The second-order valence-electron chi connectivity index (χ2n) is 8.94. The molecule has 32 heavy (non-hydrogen) atoms. The van der Waals surface area contributed by atoms with Gasteiger partial charge in [0.05, 0.1) is 30.3 Å². The van der Waals surface area contributed by atoms with Crippen LogP contribution in [0.15, 0.2) is 30.7 Å². The van der Waals surface area contributed by atoms with Crippen molar-refractivity contribution in [3.05, 3.63) is 42.0 Å². The van der Waals surface area contributed by atoms with Crippen LogP contribution in [0.1, 0.15) is 37.4 Å². The second kappa shape index (κ2) is 9.01. The van der Waals surface area contributed by atoms with Crippen molar-refractivity contribution in [1.29, 1.82) is 0 Å². The van der Waals surface area contributed by atoms with Crippen LogP contribution in [0.25, 0.3) is 11.0 Å². The topological polar surface area (TPSA) is 111 Å². The lowest BCUT2D eigenvalue weighted by molar-refractivity contribution is -0.0201. The van der Waals surface area contributed by atoms with Gasteiger partial charge in [0.2, 0.25) is 0 Å². The van der Waals surface area contributed by atoms with E-state index in [0.717, 1.165) is 53.4 Å². The standard InChI is InChI=1S/C23H31N7O2/c1-14-10-30(11-15(2)28-14)20-5-3-4-16(29-20)8-24-22-21-18(9-25-23(21)27-13-26-22)17-6-7-32-12-19(17)31/h3-5,9,13-15,17,19,28,31H,6-8,10-12H2,1-2H3,(H2,24,25,26,27)/t14-,15+,17-,19-/m0/s1. The molecule has 0 unspecified atom stereocenters. The van der Waals surface area contributed by atoms with Crippen LogP contribution in [0.3, 0.4) is 0 Å². The van der Waals surface area contributed by atoms with Crippen LogP contribution in [0.4, 0.5) is 11.6 Å². The number of pyridine rings is 1. The summed E-state index contributed by atoms with van der Waals surface area (Å²) >= 11 is 0. The smallest absolute Gasteiger partial charge is 0.143 e. The zero-order chi connectivity index (χ0) is 22.1. The average molecular weight is 438 g/mol. The fourth-order valence-corrected chi connectivity index (χ4v) is 4.93. The lowest BCUT2D eigenvalue weighted by Gasteiger charge is -2.37. The number of hydrogen-bond acceptors (Lipinski definition) is 8. The summed E-state index contributed by atoms with van der Waals surface area (Å²) in [5.74, 6) is 1.76. The molecule has 4 N–H and O–H groups in total. The number of aliphatic hydroxyl groups is 1. The van der Waals surface area contributed by atoms with Crippen molar-refractivity contribution in [2.24, 2.45) is 0 Å². The summed E-state index contributed by atoms with van der Waals surface area (Å²) in [6.07, 6.45) is 3.74. The largest absolute Gasteiger partial charge is 0.390 e. The van der Waals surface area contributed by atoms with Gasteiger partial charge in [0.15, 0.2) is 0 Å². The predicted molar refractivity (Wildman–Crippen MR) is 124 cm³/mol. The van der Waals surface area contributed by atoms with Crippen molar-refractivity contribution < 1.29 is 9.84 Å². The molecule has 0 spiro atoms. The van der Waals surface area contributed by atoms with E-state index in [2.05, 4.69) is 56.5 Å². The first kappa shape index (κ1) is 21.1. The number of aromatic amines is 1. The molecule has 2 aliphatic heterocycles. The van der Waals surface area contributed by atoms with E-state index in [1.54, 1.807) is 6.33 Å². The third-order valence-electron chi connectivity index (χ3n) is 6.34. The average Bonchev–Trinajstić information content (AvgIpc) is 3.22. The van der Waals surface area contributed by atoms with Gasteiger partial charge in [-0.2, -0.15) is 0 Å². The van der Waals surface area contributed by atoms with Crippen molar-refractivity contribution in [2.45, 2.75) is 50.9 Å². The molecule has 9 nitrogen and oxygen atoms in total. The van der Waals surface area contributed by atoms with Gasteiger partial charge in [0.1, 0.15) is 23.6 Å². The highest BCUT2D eigenvalue weighted by Crippen LogP contribution is 2.35. The van der Waals surface area contributed by atoms with Crippen molar-refractivity contribution in [3.63, 3.8) is 0 Å². The molecule has 9 heteroatoms. The van der Waals surface area contributed by atoms with Crippen LogP contribution < -0.4 is 15.5 Å². The van der Waals surface area contributed by atoms with Gasteiger partial charge in [-0.15, -0.1) is 0 Å². The molecule has 2 aliphatic rings. The molecule has 3 aromatic heterocycles. The zero-order valence-electron chi connectivity index (χ0n) is 18.6. The number of anilines is 2. The van der Waals surface area contributed by atoms with E-state index in [1.165, 1.54) is 0 Å². The van der Waals surface area contributed by atoms with E-state index in [1.807, 2.05) is 12.3 Å². The summed E-state index contributed by atoms with van der Waals surface area (Å²) in [6.45, 7) is 7.86. The van der Waals surface area contributed by atoms with Crippen molar-refractivity contribution in [2.75, 3.05) is 36.5 Å². The van der Waals surface area contributed by atoms with Crippen LogP contribution in [-0.4, -0.2) is 69.5 Å². The fourth-order valence-electron chi connectivity index (χ4n) is 4.93. The Kier molecular flexibility index (Phi) is 5.95. The highest BCUT2D eigenvalue weighted by atomic mass is 16.5. The molecule has 0 radical (unpaired) electrons. The number of aromatic nitrogens is 4. The van der Waals surface area contributed by atoms with Gasteiger partial charge >= 0.3 is 0 Å². The summed E-state index contributed by atoms with van der Waals surface area (Å²) < 4.78 is 5.41. The molecule has 170 valence electrons. The Bertz CT molecular complexity index is 1060. The van der Waals surface area contributed by atoms with Crippen molar-refractivity contribution >= 4 is 22.7 Å². The minimum Gasteiger partial charge on any atom is -0.390 e. The maximum atomic E-state index is 10.5. The molecule has 4 atom stereocenters. The maximum absolute atomic E-state index is 10.5. The normalized spacial score (nSPS) is 26.4. The Morgan fingerprint density at radius 1 is 1.22 bits per heavy atom. The maximum Gasteiger partial charge on any atom is 0.143 e. The van der Waals surface area contributed by atoms with Crippen molar-refractivity contribution in [3.8, 4) is 0 Å². The minimum absolute atomic E-state index is 0.00203. The number of rotatable bonds is 5. The molecule has 0 aliphatic carbocycles. The highest BCUT2D eigenvalue weighted by molar-refractivity contribution is 5.90. The SMILES string of the molecule is C[C@@H]1CN(c2cccc(CNc3ncnc4[nH]cc([C@@H]5CCOC[C@@H]5O)c34)n2)C[C@H](C)N1. The van der Waals surface area contributed by atoms with Gasteiger partial charge in [-0.25, -0.2) is 15.0 Å². The number of nitrogens with one attached hydrogen (secondary N) is 3. The number of aliphatic hydroxyl groups excluding tert-OH is 1. The molecule has 5 rings (SSSR count). The van der Waals surface area contributed by atoms with Crippen LogP contribution >= 0.6 is 0 Å². The second-order valence-corrected chi connectivity index (χ2v) is 8.94. The molecule has 3 aromatic rings. The molecule has 0 aromatic carbocycles. The van der Waals surface area contributed by atoms with Crippen LogP contribution in [0.5, 0.6) is 0 Å². The number of H-pyrrole nitrogens is 1. The van der Waals surface area contributed by atoms with Gasteiger partial charge in [-0.05, 0) is 38.0 Å². The summed E-state index contributed by atoms with van der Waals surface area (Å²) in [5.41, 5.74) is 2.75. The van der Waals surface area contributed by atoms with Crippen LogP contribution in [0, 0.1) is 0 Å². The third kappa shape index (κ3) is 4.28. The van der Waals surface area contributed by atoms with Crippen molar-refractivity contribution in [1.82, 2.24) is 25.3 Å². The number of piperazine rings is 1. The minimum atomic E-state index is -0.530. The summed E-state index contributed by atoms with van der Waals surface area (Å²) in [4.78, 5) is 19.4. The Balaban J connectivity index is 1.36. The van der Waals surface area contributed by atoms with E-state index in [-0.39, 0.29) is 5.92 Å². The first-order valence-electron chi connectivity index (χ1n) is 11.4. The molecule has 2 fully saturated rings. The Morgan fingerprint density at radius 3 is 2.88 bits per heavy atom. The molecular formula is C23H31N7O2. The molecular weight excluding hydrogens is 406 g/mol. The zero-order valence-corrected chi connectivity index (χ0v) is 18.6. The van der Waals surface area contributed by atoms with Gasteiger partial charge < -0.3 is 30.4 Å². The number of fused-ring (bicyclic) bond motifs is 1. The van der Waals surface area contributed by atoms with E-state index >= 15 is 0 Å². The summed E-state index contributed by atoms with van der Waals surface area (Å²) in [6, 6.07) is 7.04. The first-order chi connectivity index (χ1) is 15.6. The van der Waals surface area contributed by atoms with Crippen LogP contribution in [0.2, 0.25) is 0 Å². The van der Waals surface area contributed by atoms with Gasteiger partial charge in [-0.1, -0.05) is 6.07 Å². The van der Waals surface area contributed by atoms with Gasteiger partial charge in [-0.3, -0.25) is 0 Å². The molecule has 0 amide bonds. The summed E-state index contributed by atoms with van der Waals surface area (Å²) in [7, 11) is 0. The lowest BCUT2D eigenvalue weighted by Crippen LogP contribution is -2.54. The number of nitrogens with zero attached hydrogens (tertiary/aromatic N) is 4. The van der Waals surface area contributed by atoms with E-state index in [9.17, 15) is 5.11 Å². The first-order valence-corrected chi connectivity index (χ1v) is 11.4. The third-order valence-corrected chi connectivity index (χ3v) is 6.34. The summed E-state index contributed by atoms with van der Waals surface area (Å²) in [5, 5.41) is 18.4. The Hall–Kier alpha value is -2.75. The van der Waals surface area contributed by atoms with Gasteiger partial charge in [0, 0.05) is 43.9 Å². The Labute approximate surface area is 187 Å². The fraction of sp³-hybridized carbons (Fsp3) is 0.522. The highest BCUT2D eigenvalue weighted by Gasteiger charge is 2.29. The predicted octanol–water partition coefficient (Wildman–Crippen LogP) is 2.02. The number of hydrogen-bond donors (Lipinski definition) is 4. The molecule has 0 bridgehead atoms. The molecule has 2 saturated heterocycles. The monoisotopic (exact) mass is 437 g/mol.